The van der Waals surface area contributed by atoms with Crippen molar-refractivity contribution in [3.05, 3.63) is 113 Å². The first-order chi connectivity index (χ1) is 15.6. The Morgan fingerprint density at radius 2 is 1.88 bits per heavy atom. The summed E-state index contributed by atoms with van der Waals surface area (Å²) in [5, 5.41) is 2.84. The highest BCUT2D eigenvalue weighted by atomic mass is 16.5. The lowest BCUT2D eigenvalue weighted by Gasteiger charge is -2.11. The predicted molar refractivity (Wildman–Crippen MR) is 124 cm³/mol. The Labute approximate surface area is 185 Å². The first-order valence-electron chi connectivity index (χ1n) is 10.1. The summed E-state index contributed by atoms with van der Waals surface area (Å²) in [6, 6.07) is 20.3. The van der Waals surface area contributed by atoms with Crippen LogP contribution in [0.2, 0.25) is 0 Å². The minimum Gasteiger partial charge on any atom is -0.487 e. The average Bonchev–Trinajstić information content (AvgIpc) is 3.16. The van der Waals surface area contributed by atoms with E-state index in [4.69, 9.17) is 4.74 Å². The van der Waals surface area contributed by atoms with E-state index in [1.807, 2.05) is 55.5 Å². The second-order valence-electron chi connectivity index (χ2n) is 7.09. The van der Waals surface area contributed by atoms with Gasteiger partial charge in [-0.25, -0.2) is 4.79 Å². The minimum atomic E-state index is -0.297. The number of carbonyl (C=O) groups excluding carboxylic acids is 1. The number of ether oxygens (including phenoxy) is 1. The molecular formula is C25H22N4O3. The molecule has 0 spiro atoms. The van der Waals surface area contributed by atoms with Crippen LogP contribution in [0.5, 0.6) is 5.75 Å². The van der Waals surface area contributed by atoms with Gasteiger partial charge in [0.25, 0.3) is 0 Å². The summed E-state index contributed by atoms with van der Waals surface area (Å²) in [5.74, 6) is 0.424. The Balaban J connectivity index is 1.40. The molecule has 2 heterocycles. The summed E-state index contributed by atoms with van der Waals surface area (Å²) in [7, 11) is 0. The highest BCUT2D eigenvalue weighted by molar-refractivity contribution is 6.03. The van der Waals surface area contributed by atoms with Crippen LogP contribution in [-0.4, -0.2) is 20.4 Å². The molecule has 0 saturated heterocycles. The molecule has 0 bridgehead atoms. The molecule has 0 atom stereocenters. The number of amides is 1. The number of para-hydroxylation sites is 2. The maximum Gasteiger partial charge on any atom is 0.330 e. The van der Waals surface area contributed by atoms with E-state index in [0.717, 1.165) is 22.7 Å². The van der Waals surface area contributed by atoms with E-state index in [2.05, 4.69) is 15.3 Å². The van der Waals surface area contributed by atoms with Crippen LogP contribution in [0.25, 0.3) is 11.8 Å². The van der Waals surface area contributed by atoms with Crippen molar-refractivity contribution in [3.8, 4) is 11.4 Å². The molecule has 0 aliphatic rings. The van der Waals surface area contributed by atoms with Crippen LogP contribution >= 0.6 is 0 Å². The Bertz CT molecular complexity index is 1290. The van der Waals surface area contributed by atoms with Crippen molar-refractivity contribution in [3.63, 3.8) is 0 Å². The number of aromatic amines is 1. The second kappa shape index (κ2) is 9.61. The Morgan fingerprint density at radius 1 is 1.09 bits per heavy atom. The van der Waals surface area contributed by atoms with Gasteiger partial charge in [0.05, 0.1) is 17.1 Å². The number of nitrogens with zero attached hydrogens (tertiary/aromatic N) is 2. The molecule has 7 nitrogen and oxygen atoms in total. The van der Waals surface area contributed by atoms with Gasteiger partial charge in [-0.2, -0.15) is 0 Å². The van der Waals surface area contributed by atoms with Crippen LogP contribution < -0.4 is 15.7 Å². The minimum absolute atomic E-state index is 0.259. The smallest absolute Gasteiger partial charge is 0.330 e. The molecule has 32 heavy (non-hydrogen) atoms. The Morgan fingerprint density at radius 3 is 2.59 bits per heavy atom. The van der Waals surface area contributed by atoms with Gasteiger partial charge in [-0.05, 0) is 55.0 Å². The molecule has 0 fully saturated rings. The van der Waals surface area contributed by atoms with Gasteiger partial charge >= 0.3 is 5.69 Å². The lowest BCUT2D eigenvalue weighted by Crippen LogP contribution is -2.18. The number of carbonyl (C=O) groups is 1. The van der Waals surface area contributed by atoms with E-state index in [1.165, 1.54) is 10.6 Å². The van der Waals surface area contributed by atoms with E-state index < -0.39 is 0 Å². The highest BCUT2D eigenvalue weighted by Crippen LogP contribution is 2.20. The molecule has 4 rings (SSSR count). The zero-order valence-electron chi connectivity index (χ0n) is 17.5. The summed E-state index contributed by atoms with van der Waals surface area (Å²) in [6.45, 7) is 2.21. The van der Waals surface area contributed by atoms with Crippen LogP contribution in [0.1, 0.15) is 17.0 Å². The molecule has 4 aromatic rings. The summed E-state index contributed by atoms with van der Waals surface area (Å²) in [5.41, 5.74) is 3.35. The number of aryl methyl sites for hydroxylation is 1. The van der Waals surface area contributed by atoms with Crippen LogP contribution in [-0.2, 0) is 11.4 Å². The lowest BCUT2D eigenvalue weighted by atomic mass is 10.2. The first kappa shape index (κ1) is 20.9. The van der Waals surface area contributed by atoms with Crippen LogP contribution in [0.15, 0.2) is 90.0 Å². The largest absolute Gasteiger partial charge is 0.487 e. The molecular weight excluding hydrogens is 404 g/mol. The zero-order valence-corrected chi connectivity index (χ0v) is 17.5. The number of hydrogen-bond acceptors (Lipinski definition) is 4. The number of imidazole rings is 1. The van der Waals surface area contributed by atoms with Crippen LogP contribution in [0.4, 0.5) is 5.69 Å². The number of aromatic nitrogens is 3. The molecule has 0 unspecified atom stereocenters. The number of nitrogens with one attached hydrogen (secondary N) is 2. The van der Waals surface area contributed by atoms with Crippen molar-refractivity contribution >= 4 is 17.7 Å². The first-order valence-corrected chi connectivity index (χ1v) is 10.1. The van der Waals surface area contributed by atoms with E-state index in [1.54, 1.807) is 36.7 Å². The van der Waals surface area contributed by atoms with Crippen molar-refractivity contribution in [2.45, 2.75) is 13.5 Å². The van der Waals surface area contributed by atoms with E-state index in [-0.39, 0.29) is 11.6 Å². The number of H-pyrrole nitrogens is 1. The molecule has 2 aromatic heterocycles. The summed E-state index contributed by atoms with van der Waals surface area (Å²) in [6.07, 6.45) is 6.53. The fourth-order valence-corrected chi connectivity index (χ4v) is 3.19. The summed E-state index contributed by atoms with van der Waals surface area (Å²) in [4.78, 5) is 31.5. The number of benzene rings is 2. The maximum atomic E-state index is 12.5. The van der Waals surface area contributed by atoms with Crippen molar-refractivity contribution in [1.82, 2.24) is 14.5 Å². The molecule has 0 saturated carbocycles. The van der Waals surface area contributed by atoms with E-state index in [9.17, 15) is 9.59 Å². The normalized spacial score (nSPS) is 10.9. The Hall–Kier alpha value is -4.39. The number of hydrogen-bond donors (Lipinski definition) is 2. The molecule has 2 aromatic carbocycles. The van der Waals surface area contributed by atoms with Crippen molar-refractivity contribution in [1.29, 1.82) is 0 Å². The topological polar surface area (TPSA) is 89.0 Å². The predicted octanol–water partition coefficient (Wildman–Crippen LogP) is 4.10. The van der Waals surface area contributed by atoms with E-state index >= 15 is 0 Å². The monoisotopic (exact) mass is 426 g/mol. The van der Waals surface area contributed by atoms with Gasteiger partial charge in [0.1, 0.15) is 12.4 Å². The van der Waals surface area contributed by atoms with Crippen LogP contribution in [0, 0.1) is 6.92 Å². The molecule has 0 aliphatic carbocycles. The number of anilines is 1. The van der Waals surface area contributed by atoms with Gasteiger partial charge in [-0.1, -0.05) is 30.3 Å². The fourth-order valence-electron chi connectivity index (χ4n) is 3.19. The molecule has 0 aliphatic heterocycles. The zero-order chi connectivity index (χ0) is 22.3. The van der Waals surface area contributed by atoms with Gasteiger partial charge in [-0.15, -0.1) is 0 Å². The van der Waals surface area contributed by atoms with Gasteiger partial charge < -0.3 is 15.0 Å². The molecule has 0 radical (unpaired) electrons. The van der Waals surface area contributed by atoms with Crippen molar-refractivity contribution in [2.24, 2.45) is 0 Å². The number of rotatable bonds is 7. The number of pyridine rings is 1. The van der Waals surface area contributed by atoms with Gasteiger partial charge in [-0.3, -0.25) is 14.3 Å². The molecule has 2 N–H and O–H groups in total. The molecule has 1 amide bonds. The Kier molecular flexibility index (Phi) is 6.27. The third-order valence-corrected chi connectivity index (χ3v) is 4.78. The third kappa shape index (κ3) is 5.02. The van der Waals surface area contributed by atoms with Gasteiger partial charge in [0, 0.05) is 24.2 Å². The van der Waals surface area contributed by atoms with Crippen molar-refractivity contribution < 1.29 is 9.53 Å². The lowest BCUT2D eigenvalue weighted by molar-refractivity contribution is -0.111. The summed E-state index contributed by atoms with van der Waals surface area (Å²) >= 11 is 0. The van der Waals surface area contributed by atoms with Gasteiger partial charge in [0.2, 0.25) is 5.91 Å². The maximum absolute atomic E-state index is 12.5. The average molecular weight is 426 g/mol. The molecule has 7 heteroatoms. The standard InChI is InChI=1S/C25H22N4O3/c1-18-16-27-25(31)29(18)23-8-3-2-7-22(23)28-24(30)14-11-19-9-12-21(13-10-19)32-17-20-6-4-5-15-26-20/h2-16H,17H2,1H3,(H,27,31)(H,28,30)/b14-11+. The van der Waals surface area contributed by atoms with Gasteiger partial charge in [0.15, 0.2) is 0 Å². The highest BCUT2D eigenvalue weighted by Gasteiger charge is 2.10. The quantitative estimate of drug-likeness (QED) is 0.436. The fraction of sp³-hybridized carbons (Fsp3) is 0.0800. The van der Waals surface area contributed by atoms with Crippen LogP contribution in [0.3, 0.4) is 0 Å². The SMILES string of the molecule is Cc1c[nH]c(=O)n1-c1ccccc1NC(=O)/C=C/c1ccc(OCc2ccccn2)cc1. The third-order valence-electron chi connectivity index (χ3n) is 4.78. The van der Waals surface area contributed by atoms with Crippen molar-refractivity contribution in [2.75, 3.05) is 5.32 Å². The molecule has 160 valence electrons. The van der Waals surface area contributed by atoms with E-state index in [0.29, 0.717) is 18.0 Å². The summed E-state index contributed by atoms with van der Waals surface area (Å²) < 4.78 is 7.24. The second-order valence-corrected chi connectivity index (χ2v) is 7.09.